The SMILES string of the molecule is CCOC(=O)C(C(=O)O)[C@@H](C#N)CC(C)C.[H-].[K+]. The van der Waals surface area contributed by atoms with Crippen molar-refractivity contribution in [2.75, 3.05) is 6.61 Å². The topological polar surface area (TPSA) is 87.4 Å². The van der Waals surface area contributed by atoms with Crippen LogP contribution in [0.1, 0.15) is 28.6 Å². The van der Waals surface area contributed by atoms with Crippen molar-refractivity contribution in [2.45, 2.75) is 27.2 Å². The molecule has 0 saturated carbocycles. The number of esters is 1. The average Bonchev–Trinajstić information content (AvgIpc) is 2.15. The Morgan fingerprint density at radius 2 is 2.00 bits per heavy atom. The van der Waals surface area contributed by atoms with Crippen molar-refractivity contribution < 1.29 is 72.2 Å². The number of carbonyl (C=O) groups is 2. The van der Waals surface area contributed by atoms with Gasteiger partial charge in [0.1, 0.15) is 0 Å². The molecule has 0 fully saturated rings. The Morgan fingerprint density at radius 3 is 2.29 bits per heavy atom. The Bertz CT molecular complexity index is 304. The Hall–Kier alpha value is 0.0664. The normalized spacial score (nSPS) is 13.1. The molecule has 0 saturated heterocycles. The van der Waals surface area contributed by atoms with Gasteiger partial charge in [-0.2, -0.15) is 5.26 Å². The monoisotopic (exact) mass is 267 g/mol. The summed E-state index contributed by atoms with van der Waals surface area (Å²) in [6, 6.07) is 1.87. The van der Waals surface area contributed by atoms with Crippen molar-refractivity contribution in [1.82, 2.24) is 0 Å². The maximum Gasteiger partial charge on any atom is 1.00 e. The van der Waals surface area contributed by atoms with E-state index in [1.54, 1.807) is 6.92 Å². The van der Waals surface area contributed by atoms with E-state index >= 15 is 0 Å². The molecule has 0 aromatic rings. The molecule has 92 valence electrons. The van der Waals surface area contributed by atoms with Crippen molar-refractivity contribution in [3.8, 4) is 6.07 Å². The zero-order valence-electron chi connectivity index (χ0n) is 11.8. The molecule has 0 bridgehead atoms. The van der Waals surface area contributed by atoms with E-state index in [4.69, 9.17) is 10.4 Å². The summed E-state index contributed by atoms with van der Waals surface area (Å²) >= 11 is 0. The summed E-state index contributed by atoms with van der Waals surface area (Å²) in [5, 5.41) is 17.8. The Morgan fingerprint density at radius 1 is 1.47 bits per heavy atom. The molecule has 5 nitrogen and oxygen atoms in total. The third-order valence-corrected chi connectivity index (χ3v) is 2.10. The predicted octanol–water partition coefficient (Wildman–Crippen LogP) is -1.45. The molecule has 0 aliphatic rings. The first kappa shape index (κ1) is 19.4. The van der Waals surface area contributed by atoms with Crippen molar-refractivity contribution in [3.63, 3.8) is 0 Å². The van der Waals surface area contributed by atoms with Crippen LogP contribution in [0.3, 0.4) is 0 Å². The summed E-state index contributed by atoms with van der Waals surface area (Å²) in [5.74, 6) is -4.20. The molecule has 0 aliphatic heterocycles. The number of rotatable bonds is 6. The maximum absolute atomic E-state index is 11.4. The Labute approximate surface area is 145 Å². The average molecular weight is 267 g/mol. The van der Waals surface area contributed by atoms with Crippen LogP contribution in [0.5, 0.6) is 0 Å². The summed E-state index contributed by atoms with van der Waals surface area (Å²) in [6.07, 6.45) is 0.367. The number of ether oxygens (including phenoxy) is 1. The van der Waals surface area contributed by atoms with Crippen molar-refractivity contribution in [2.24, 2.45) is 17.8 Å². The van der Waals surface area contributed by atoms with Crippen LogP contribution in [0.25, 0.3) is 0 Å². The molecule has 2 atom stereocenters. The van der Waals surface area contributed by atoms with Gasteiger partial charge in [0.15, 0.2) is 5.92 Å². The number of nitrogens with zero attached hydrogens (tertiary/aromatic N) is 1. The second-order valence-electron chi connectivity index (χ2n) is 3.93. The number of carbonyl (C=O) groups excluding carboxylic acids is 1. The molecule has 0 aliphatic carbocycles. The zero-order valence-corrected chi connectivity index (χ0v) is 13.9. The van der Waals surface area contributed by atoms with Crippen molar-refractivity contribution >= 4 is 11.9 Å². The summed E-state index contributed by atoms with van der Waals surface area (Å²) in [7, 11) is 0. The number of hydrogen-bond donors (Lipinski definition) is 1. The van der Waals surface area contributed by atoms with Gasteiger partial charge >= 0.3 is 63.3 Å². The van der Waals surface area contributed by atoms with Gasteiger partial charge in [0.25, 0.3) is 0 Å². The summed E-state index contributed by atoms with van der Waals surface area (Å²) in [4.78, 5) is 22.4. The largest absolute Gasteiger partial charge is 1.00 e. The van der Waals surface area contributed by atoms with Gasteiger partial charge in [0, 0.05) is 0 Å². The summed E-state index contributed by atoms with van der Waals surface area (Å²) in [5.41, 5.74) is 0. The van der Waals surface area contributed by atoms with E-state index in [0.29, 0.717) is 6.42 Å². The minimum absolute atomic E-state index is 0. The predicted molar refractivity (Wildman–Crippen MR) is 57.4 cm³/mol. The van der Waals surface area contributed by atoms with Gasteiger partial charge in [0.05, 0.1) is 18.6 Å². The van der Waals surface area contributed by atoms with Crippen LogP contribution in [0, 0.1) is 29.1 Å². The van der Waals surface area contributed by atoms with E-state index in [1.165, 1.54) is 0 Å². The van der Waals surface area contributed by atoms with E-state index in [9.17, 15) is 9.59 Å². The Balaban J connectivity index is -0.00000112. The van der Waals surface area contributed by atoms with E-state index in [0.717, 1.165) is 0 Å². The van der Waals surface area contributed by atoms with Crippen LogP contribution < -0.4 is 51.4 Å². The molecule has 0 spiro atoms. The minimum atomic E-state index is -1.38. The van der Waals surface area contributed by atoms with E-state index < -0.39 is 23.8 Å². The minimum Gasteiger partial charge on any atom is -1.00 e. The second kappa shape index (κ2) is 10.0. The first-order valence-electron chi connectivity index (χ1n) is 5.23. The number of carboxylic acid groups (broad SMARTS) is 1. The van der Waals surface area contributed by atoms with Crippen LogP contribution >= 0.6 is 0 Å². The molecule has 0 aromatic carbocycles. The van der Waals surface area contributed by atoms with Crippen molar-refractivity contribution in [1.29, 1.82) is 5.26 Å². The second-order valence-corrected chi connectivity index (χ2v) is 3.93. The van der Waals surface area contributed by atoms with Gasteiger partial charge in [-0.3, -0.25) is 9.59 Å². The molecule has 0 radical (unpaired) electrons. The van der Waals surface area contributed by atoms with Crippen LogP contribution in [-0.4, -0.2) is 23.7 Å². The molecular weight excluding hydrogens is 249 g/mol. The molecule has 17 heavy (non-hydrogen) atoms. The molecule has 0 aromatic heterocycles. The summed E-state index contributed by atoms with van der Waals surface area (Å²) in [6.45, 7) is 5.45. The van der Waals surface area contributed by atoms with Crippen LogP contribution in [-0.2, 0) is 14.3 Å². The first-order valence-corrected chi connectivity index (χ1v) is 5.23. The van der Waals surface area contributed by atoms with E-state index in [-0.39, 0.29) is 65.3 Å². The molecule has 0 rings (SSSR count). The van der Waals surface area contributed by atoms with E-state index in [1.807, 2.05) is 19.9 Å². The van der Waals surface area contributed by atoms with Crippen molar-refractivity contribution in [3.05, 3.63) is 0 Å². The molecule has 0 heterocycles. The van der Waals surface area contributed by atoms with Gasteiger partial charge in [-0.1, -0.05) is 13.8 Å². The molecule has 0 amide bonds. The third-order valence-electron chi connectivity index (χ3n) is 2.10. The van der Waals surface area contributed by atoms with E-state index in [2.05, 4.69) is 4.74 Å². The number of carboxylic acids is 1. The fourth-order valence-electron chi connectivity index (χ4n) is 1.44. The van der Waals surface area contributed by atoms with Gasteiger partial charge < -0.3 is 11.3 Å². The number of hydrogen-bond acceptors (Lipinski definition) is 4. The summed E-state index contributed by atoms with van der Waals surface area (Å²) < 4.78 is 4.66. The fraction of sp³-hybridized carbons (Fsp3) is 0.727. The smallest absolute Gasteiger partial charge is 1.00 e. The van der Waals surface area contributed by atoms with Crippen LogP contribution in [0.2, 0.25) is 0 Å². The number of nitriles is 1. The zero-order chi connectivity index (χ0) is 12.7. The molecule has 6 heteroatoms. The number of aliphatic carboxylic acids is 1. The molecular formula is C11H18KNO4. The van der Waals surface area contributed by atoms with Gasteiger partial charge in [-0.15, -0.1) is 0 Å². The quantitative estimate of drug-likeness (QED) is 0.361. The Kier molecular flexibility index (Phi) is 11.5. The molecule has 1 N–H and O–H groups in total. The van der Waals surface area contributed by atoms with Gasteiger partial charge in [0.2, 0.25) is 0 Å². The van der Waals surface area contributed by atoms with Crippen LogP contribution in [0.4, 0.5) is 0 Å². The van der Waals surface area contributed by atoms with Crippen LogP contribution in [0.15, 0.2) is 0 Å². The third kappa shape index (κ3) is 7.16. The maximum atomic E-state index is 11.4. The standard InChI is InChI=1S/C11H17NO4.K.H/c1-4-16-11(15)9(10(13)14)8(6-12)5-7(2)3;;/h7-9H,4-5H2,1-3H3,(H,13,14);;/q;+1;-1/t8-,9?;;/m1../s1. The van der Waals surface area contributed by atoms with Gasteiger partial charge in [-0.25, -0.2) is 0 Å². The molecule has 1 unspecified atom stereocenters. The van der Waals surface area contributed by atoms with Gasteiger partial charge in [-0.05, 0) is 19.3 Å². The fourth-order valence-corrected chi connectivity index (χ4v) is 1.44. The first-order chi connectivity index (χ1) is 7.43.